The van der Waals surface area contributed by atoms with Gasteiger partial charge in [0.1, 0.15) is 0 Å². The first-order valence-electron chi connectivity index (χ1n) is 6.07. The van der Waals surface area contributed by atoms with Crippen LogP contribution in [0.1, 0.15) is 24.1 Å². The molecule has 2 aromatic carbocycles. The first kappa shape index (κ1) is 14.7. The van der Waals surface area contributed by atoms with Crippen molar-refractivity contribution in [2.45, 2.75) is 19.1 Å². The number of benzene rings is 2. The van der Waals surface area contributed by atoms with E-state index < -0.39 is 11.7 Å². The van der Waals surface area contributed by atoms with Crippen molar-refractivity contribution in [2.24, 2.45) is 0 Å². The van der Waals surface area contributed by atoms with E-state index in [1.54, 1.807) is 37.3 Å². The summed E-state index contributed by atoms with van der Waals surface area (Å²) >= 11 is 6.05. The molecule has 0 spiro atoms. The number of rotatable bonds is 3. The molecule has 20 heavy (non-hydrogen) atoms. The Labute approximate surface area is 120 Å². The highest BCUT2D eigenvalue weighted by atomic mass is 35.5. The topological polar surface area (TPSA) is 12.0 Å². The monoisotopic (exact) mass is 299 g/mol. The fourth-order valence-corrected chi connectivity index (χ4v) is 2.29. The Bertz CT molecular complexity index is 596. The molecule has 2 rings (SSSR count). The van der Waals surface area contributed by atoms with Crippen LogP contribution in [0.2, 0.25) is 5.02 Å². The molecule has 0 aromatic heterocycles. The SMILES string of the molecule is CC(Nc1ccccc1C(F)(F)F)c1ccccc1Cl. The molecule has 0 heterocycles. The highest BCUT2D eigenvalue weighted by molar-refractivity contribution is 6.31. The van der Waals surface area contributed by atoms with Gasteiger partial charge in [0.25, 0.3) is 0 Å². The minimum Gasteiger partial charge on any atom is -0.378 e. The first-order valence-corrected chi connectivity index (χ1v) is 6.44. The minimum atomic E-state index is -4.39. The van der Waals surface area contributed by atoms with Gasteiger partial charge in [0.15, 0.2) is 0 Å². The lowest BCUT2D eigenvalue weighted by atomic mass is 10.1. The molecule has 0 amide bonds. The van der Waals surface area contributed by atoms with E-state index in [1.165, 1.54) is 12.1 Å². The maximum absolute atomic E-state index is 12.9. The van der Waals surface area contributed by atoms with Gasteiger partial charge in [-0.05, 0) is 30.7 Å². The van der Waals surface area contributed by atoms with E-state index >= 15 is 0 Å². The minimum absolute atomic E-state index is 0.0485. The van der Waals surface area contributed by atoms with Gasteiger partial charge in [0, 0.05) is 10.7 Å². The van der Waals surface area contributed by atoms with E-state index in [0.717, 1.165) is 11.6 Å². The van der Waals surface area contributed by atoms with E-state index in [0.29, 0.717) is 5.02 Å². The predicted molar refractivity (Wildman–Crippen MR) is 74.9 cm³/mol. The summed E-state index contributed by atoms with van der Waals surface area (Å²) < 4.78 is 38.7. The van der Waals surface area contributed by atoms with E-state index in [9.17, 15) is 13.2 Å². The number of nitrogens with one attached hydrogen (secondary N) is 1. The summed E-state index contributed by atoms with van der Waals surface area (Å²) in [5.41, 5.74) is 0.123. The van der Waals surface area contributed by atoms with Crippen LogP contribution in [0.3, 0.4) is 0 Å². The van der Waals surface area contributed by atoms with Crippen LogP contribution >= 0.6 is 11.6 Å². The summed E-state index contributed by atoms with van der Waals surface area (Å²) in [5, 5.41) is 3.39. The summed E-state index contributed by atoms with van der Waals surface area (Å²) in [6.07, 6.45) is -4.39. The van der Waals surface area contributed by atoms with Crippen LogP contribution in [0, 0.1) is 0 Å². The molecule has 1 atom stereocenters. The Kier molecular flexibility index (Phi) is 4.23. The lowest BCUT2D eigenvalue weighted by Crippen LogP contribution is -2.13. The second kappa shape index (κ2) is 5.75. The predicted octanol–water partition coefficient (Wildman–Crippen LogP) is 5.53. The van der Waals surface area contributed by atoms with Crippen LogP contribution in [0.25, 0.3) is 0 Å². The summed E-state index contributed by atoms with van der Waals surface area (Å²) in [6.45, 7) is 1.77. The molecule has 0 saturated heterocycles. The quantitative estimate of drug-likeness (QED) is 0.785. The number of halogens is 4. The van der Waals surface area contributed by atoms with Crippen molar-refractivity contribution in [3.8, 4) is 0 Å². The van der Waals surface area contributed by atoms with E-state index in [2.05, 4.69) is 5.32 Å². The Morgan fingerprint density at radius 2 is 1.60 bits per heavy atom. The molecule has 0 bridgehead atoms. The molecule has 2 aromatic rings. The summed E-state index contributed by atoms with van der Waals surface area (Å²) in [7, 11) is 0. The number of anilines is 1. The zero-order valence-electron chi connectivity index (χ0n) is 10.7. The van der Waals surface area contributed by atoms with Crippen molar-refractivity contribution in [2.75, 3.05) is 5.32 Å². The molecule has 1 nitrogen and oxygen atoms in total. The number of hydrogen-bond acceptors (Lipinski definition) is 1. The fraction of sp³-hybridized carbons (Fsp3) is 0.200. The highest BCUT2D eigenvalue weighted by Crippen LogP contribution is 2.36. The van der Waals surface area contributed by atoms with Crippen molar-refractivity contribution in [1.29, 1.82) is 0 Å². The normalized spacial score (nSPS) is 13.1. The van der Waals surface area contributed by atoms with Crippen LogP contribution in [0.15, 0.2) is 48.5 Å². The molecule has 1 N–H and O–H groups in total. The molecule has 0 saturated carbocycles. The molecule has 0 radical (unpaired) electrons. The van der Waals surface area contributed by atoms with Gasteiger partial charge in [-0.3, -0.25) is 0 Å². The first-order chi connectivity index (χ1) is 9.39. The van der Waals surface area contributed by atoms with Gasteiger partial charge in [-0.15, -0.1) is 0 Å². The molecule has 1 unspecified atom stereocenters. The summed E-state index contributed by atoms with van der Waals surface area (Å²) in [5.74, 6) is 0. The average Bonchev–Trinajstić information content (AvgIpc) is 2.38. The highest BCUT2D eigenvalue weighted by Gasteiger charge is 2.33. The van der Waals surface area contributed by atoms with Crippen molar-refractivity contribution < 1.29 is 13.2 Å². The number of hydrogen-bond donors (Lipinski definition) is 1. The van der Waals surface area contributed by atoms with Gasteiger partial charge in [-0.1, -0.05) is 41.9 Å². The molecule has 0 fully saturated rings. The van der Waals surface area contributed by atoms with Gasteiger partial charge < -0.3 is 5.32 Å². The molecule has 5 heteroatoms. The standard InChI is InChI=1S/C15H13ClF3N/c1-10(11-6-2-4-8-13(11)16)20-14-9-5-3-7-12(14)15(17,18)19/h2-10,20H,1H3. The third-order valence-corrected chi connectivity index (χ3v) is 3.32. The second-order valence-electron chi connectivity index (χ2n) is 4.43. The van der Waals surface area contributed by atoms with Crippen LogP contribution in [0.4, 0.5) is 18.9 Å². The number of para-hydroxylation sites is 1. The largest absolute Gasteiger partial charge is 0.418 e. The smallest absolute Gasteiger partial charge is 0.378 e. The maximum atomic E-state index is 12.9. The molecule has 0 aliphatic carbocycles. The van der Waals surface area contributed by atoms with E-state index in [-0.39, 0.29) is 11.7 Å². The lowest BCUT2D eigenvalue weighted by Gasteiger charge is -2.20. The van der Waals surface area contributed by atoms with Crippen LogP contribution < -0.4 is 5.32 Å². The lowest BCUT2D eigenvalue weighted by molar-refractivity contribution is -0.137. The van der Waals surface area contributed by atoms with Gasteiger partial charge in [-0.25, -0.2) is 0 Å². The van der Waals surface area contributed by atoms with Crippen LogP contribution in [0.5, 0.6) is 0 Å². The third kappa shape index (κ3) is 3.25. The molecular weight excluding hydrogens is 287 g/mol. The van der Waals surface area contributed by atoms with Crippen molar-refractivity contribution >= 4 is 17.3 Å². The molecule has 0 aliphatic rings. The average molecular weight is 300 g/mol. The second-order valence-corrected chi connectivity index (χ2v) is 4.84. The molecule has 106 valence electrons. The van der Waals surface area contributed by atoms with Gasteiger partial charge in [-0.2, -0.15) is 13.2 Å². The van der Waals surface area contributed by atoms with Crippen LogP contribution in [-0.4, -0.2) is 0 Å². The van der Waals surface area contributed by atoms with Crippen LogP contribution in [-0.2, 0) is 6.18 Å². The Morgan fingerprint density at radius 1 is 1.00 bits per heavy atom. The zero-order valence-corrected chi connectivity index (χ0v) is 11.5. The Balaban J connectivity index is 2.29. The summed E-state index contributed by atoms with van der Waals surface area (Å²) in [6, 6.07) is 12.2. The van der Waals surface area contributed by atoms with Crippen molar-refractivity contribution in [3.63, 3.8) is 0 Å². The maximum Gasteiger partial charge on any atom is 0.418 e. The Hall–Kier alpha value is -1.68. The van der Waals surface area contributed by atoms with Crippen molar-refractivity contribution in [3.05, 3.63) is 64.7 Å². The Morgan fingerprint density at radius 3 is 2.25 bits per heavy atom. The van der Waals surface area contributed by atoms with E-state index in [4.69, 9.17) is 11.6 Å². The van der Waals surface area contributed by atoms with Crippen molar-refractivity contribution in [1.82, 2.24) is 0 Å². The van der Waals surface area contributed by atoms with Gasteiger partial charge in [0.2, 0.25) is 0 Å². The zero-order chi connectivity index (χ0) is 14.8. The molecular formula is C15H13ClF3N. The third-order valence-electron chi connectivity index (χ3n) is 2.98. The number of alkyl halides is 3. The van der Waals surface area contributed by atoms with Gasteiger partial charge >= 0.3 is 6.18 Å². The van der Waals surface area contributed by atoms with E-state index in [1.807, 2.05) is 0 Å². The van der Waals surface area contributed by atoms with Gasteiger partial charge in [0.05, 0.1) is 11.6 Å². The fourth-order valence-electron chi connectivity index (χ4n) is 1.99. The molecule has 0 aliphatic heterocycles. The summed E-state index contributed by atoms with van der Waals surface area (Å²) in [4.78, 5) is 0.